The van der Waals surface area contributed by atoms with Gasteiger partial charge in [0.1, 0.15) is 11.6 Å². The van der Waals surface area contributed by atoms with Crippen LogP contribution in [-0.2, 0) is 5.75 Å². The van der Waals surface area contributed by atoms with Crippen LogP contribution in [0.5, 0.6) is 0 Å². The smallest absolute Gasteiger partial charge is 0.335 e. The fourth-order valence-corrected chi connectivity index (χ4v) is 3.09. The zero-order valence-corrected chi connectivity index (χ0v) is 14.2. The lowest BCUT2D eigenvalue weighted by Gasteiger charge is -2.07. The predicted octanol–water partition coefficient (Wildman–Crippen LogP) is 2.69. The molecular weight excluding hydrogens is 352 g/mol. The molecule has 8 heteroatoms. The van der Waals surface area contributed by atoms with Crippen LogP contribution in [0.3, 0.4) is 0 Å². The fourth-order valence-electron chi connectivity index (χ4n) is 2.29. The van der Waals surface area contributed by atoms with Crippen LogP contribution >= 0.6 is 11.8 Å². The number of hydrogen-bond acceptors (Lipinski definition) is 6. The summed E-state index contributed by atoms with van der Waals surface area (Å²) in [5, 5.41) is 18.7. The highest BCUT2D eigenvalue weighted by Crippen LogP contribution is 2.23. The van der Waals surface area contributed by atoms with Crippen LogP contribution in [-0.4, -0.2) is 26.0 Å². The number of pyridine rings is 1. The van der Waals surface area contributed by atoms with Crippen molar-refractivity contribution < 1.29 is 9.90 Å². The van der Waals surface area contributed by atoms with E-state index in [2.05, 4.69) is 15.0 Å². The molecule has 0 fully saturated rings. The van der Waals surface area contributed by atoms with Crippen molar-refractivity contribution in [3.05, 3.63) is 75.8 Å². The molecule has 3 rings (SSSR count). The van der Waals surface area contributed by atoms with Crippen LogP contribution < -0.4 is 5.56 Å². The lowest BCUT2D eigenvalue weighted by molar-refractivity contribution is 0.0697. The minimum absolute atomic E-state index is 0.0616. The largest absolute Gasteiger partial charge is 0.478 e. The summed E-state index contributed by atoms with van der Waals surface area (Å²) < 4.78 is 0. The molecule has 3 aromatic rings. The van der Waals surface area contributed by atoms with Crippen molar-refractivity contribution in [3.63, 3.8) is 0 Å². The quantitative estimate of drug-likeness (QED) is 0.527. The molecule has 0 unspecified atom stereocenters. The molecule has 0 saturated carbocycles. The second-order valence-electron chi connectivity index (χ2n) is 5.24. The Balaban J connectivity index is 1.91. The number of nitriles is 1. The molecule has 0 saturated heterocycles. The number of benzene rings is 1. The van der Waals surface area contributed by atoms with Gasteiger partial charge >= 0.3 is 5.97 Å². The van der Waals surface area contributed by atoms with Gasteiger partial charge in [-0.15, -0.1) is 0 Å². The van der Waals surface area contributed by atoms with E-state index in [0.29, 0.717) is 22.2 Å². The minimum atomic E-state index is -0.998. The summed E-state index contributed by atoms with van der Waals surface area (Å²) in [6.07, 6.45) is 3.12. The summed E-state index contributed by atoms with van der Waals surface area (Å²) in [6.45, 7) is 0. The Bertz CT molecular complexity index is 1060. The summed E-state index contributed by atoms with van der Waals surface area (Å²) in [4.78, 5) is 34.1. The van der Waals surface area contributed by atoms with Crippen molar-refractivity contribution in [1.82, 2.24) is 15.0 Å². The molecule has 0 spiro atoms. The highest BCUT2D eigenvalue weighted by atomic mass is 32.2. The van der Waals surface area contributed by atoms with E-state index in [-0.39, 0.29) is 11.1 Å². The molecular formula is C18H12N4O3S. The van der Waals surface area contributed by atoms with Crippen molar-refractivity contribution >= 4 is 17.7 Å². The van der Waals surface area contributed by atoms with E-state index in [4.69, 9.17) is 5.11 Å². The van der Waals surface area contributed by atoms with E-state index >= 15 is 0 Å². The summed E-state index contributed by atoms with van der Waals surface area (Å²) in [5.74, 6) is -0.576. The number of aromatic amines is 1. The van der Waals surface area contributed by atoms with Gasteiger partial charge in [0, 0.05) is 23.7 Å². The zero-order chi connectivity index (χ0) is 18.5. The number of nitrogens with zero attached hydrogens (tertiary/aromatic N) is 3. The van der Waals surface area contributed by atoms with Gasteiger partial charge in [0.15, 0.2) is 5.16 Å². The van der Waals surface area contributed by atoms with Gasteiger partial charge in [-0.25, -0.2) is 9.78 Å². The third-order valence-corrected chi connectivity index (χ3v) is 4.46. The van der Waals surface area contributed by atoms with Crippen LogP contribution in [0.15, 0.2) is 58.7 Å². The molecule has 0 aliphatic rings. The third-order valence-electron chi connectivity index (χ3n) is 3.51. The number of hydrogen-bond donors (Lipinski definition) is 2. The monoisotopic (exact) mass is 364 g/mol. The minimum Gasteiger partial charge on any atom is -0.478 e. The van der Waals surface area contributed by atoms with Crippen molar-refractivity contribution in [2.24, 2.45) is 0 Å². The van der Waals surface area contributed by atoms with Crippen LogP contribution in [0.2, 0.25) is 0 Å². The molecule has 0 bridgehead atoms. The molecule has 1 aromatic carbocycles. The maximum Gasteiger partial charge on any atom is 0.335 e. The molecule has 0 atom stereocenters. The Labute approximate surface area is 152 Å². The maximum atomic E-state index is 12.2. The Morgan fingerprint density at radius 3 is 2.73 bits per heavy atom. The Kier molecular flexibility index (Phi) is 5.10. The highest BCUT2D eigenvalue weighted by molar-refractivity contribution is 7.98. The zero-order valence-electron chi connectivity index (χ0n) is 13.3. The first-order valence-corrected chi connectivity index (χ1v) is 8.47. The lowest BCUT2D eigenvalue weighted by atomic mass is 10.1. The van der Waals surface area contributed by atoms with E-state index < -0.39 is 11.5 Å². The number of H-pyrrole nitrogens is 1. The van der Waals surface area contributed by atoms with Crippen molar-refractivity contribution in [2.45, 2.75) is 10.9 Å². The van der Waals surface area contributed by atoms with Crippen LogP contribution in [0, 0.1) is 11.3 Å². The Hall–Kier alpha value is -3.44. The molecule has 2 aromatic heterocycles. The molecule has 0 aliphatic heterocycles. The number of carbonyl (C=O) groups is 1. The lowest BCUT2D eigenvalue weighted by Crippen LogP contribution is -2.14. The standard InChI is InChI=1S/C18H12N4O3S/c19-9-14-15(12-4-6-20-7-5-12)21-18(22-16(14)23)26-10-11-2-1-3-13(8-11)17(24)25/h1-8H,10H2,(H,24,25)(H,21,22,23). The first-order valence-electron chi connectivity index (χ1n) is 7.48. The molecule has 7 nitrogen and oxygen atoms in total. The number of carboxylic acids is 1. The third kappa shape index (κ3) is 3.79. The molecule has 26 heavy (non-hydrogen) atoms. The number of aromatic carboxylic acids is 1. The first-order chi connectivity index (χ1) is 12.6. The number of thioether (sulfide) groups is 1. The summed E-state index contributed by atoms with van der Waals surface area (Å²) >= 11 is 1.25. The van der Waals surface area contributed by atoms with E-state index in [1.807, 2.05) is 6.07 Å². The summed E-state index contributed by atoms with van der Waals surface area (Å²) in [5.41, 5.74) is 1.32. The van der Waals surface area contributed by atoms with Crippen molar-refractivity contribution in [3.8, 4) is 17.3 Å². The van der Waals surface area contributed by atoms with Gasteiger partial charge in [0.2, 0.25) is 0 Å². The average Bonchev–Trinajstić information content (AvgIpc) is 2.67. The maximum absolute atomic E-state index is 12.2. The number of aromatic nitrogens is 3. The Morgan fingerprint density at radius 2 is 2.04 bits per heavy atom. The van der Waals surface area contributed by atoms with E-state index in [1.54, 1.807) is 42.7 Å². The molecule has 0 aliphatic carbocycles. The number of nitrogens with one attached hydrogen (secondary N) is 1. The molecule has 0 radical (unpaired) electrons. The van der Waals surface area contributed by atoms with E-state index in [1.165, 1.54) is 17.8 Å². The average molecular weight is 364 g/mol. The van der Waals surface area contributed by atoms with Crippen molar-refractivity contribution in [1.29, 1.82) is 5.26 Å². The van der Waals surface area contributed by atoms with Gasteiger partial charge < -0.3 is 10.1 Å². The SMILES string of the molecule is N#Cc1c(-c2ccncc2)nc(SCc2cccc(C(=O)O)c2)[nH]c1=O. The van der Waals surface area contributed by atoms with Gasteiger partial charge in [-0.1, -0.05) is 23.9 Å². The molecule has 2 N–H and O–H groups in total. The fraction of sp³-hybridized carbons (Fsp3) is 0.0556. The van der Waals surface area contributed by atoms with E-state index in [9.17, 15) is 14.9 Å². The molecule has 2 heterocycles. The normalized spacial score (nSPS) is 10.3. The van der Waals surface area contributed by atoms with Crippen LogP contribution in [0.1, 0.15) is 21.5 Å². The van der Waals surface area contributed by atoms with Gasteiger partial charge in [-0.05, 0) is 29.8 Å². The predicted molar refractivity (Wildman–Crippen MR) is 95.8 cm³/mol. The number of rotatable bonds is 5. The van der Waals surface area contributed by atoms with Gasteiger partial charge in [-0.3, -0.25) is 9.78 Å². The van der Waals surface area contributed by atoms with Gasteiger partial charge in [0.05, 0.1) is 11.3 Å². The summed E-state index contributed by atoms with van der Waals surface area (Å²) in [6, 6.07) is 11.8. The van der Waals surface area contributed by atoms with Crippen LogP contribution in [0.4, 0.5) is 0 Å². The van der Waals surface area contributed by atoms with E-state index in [0.717, 1.165) is 5.56 Å². The van der Waals surface area contributed by atoms with Crippen molar-refractivity contribution in [2.75, 3.05) is 0 Å². The molecule has 0 amide bonds. The topological polar surface area (TPSA) is 120 Å². The summed E-state index contributed by atoms with van der Waals surface area (Å²) in [7, 11) is 0. The Morgan fingerprint density at radius 1 is 1.27 bits per heavy atom. The van der Waals surface area contributed by atoms with Gasteiger partial charge in [0.25, 0.3) is 5.56 Å². The first kappa shape index (κ1) is 17.4. The molecule has 128 valence electrons. The van der Waals surface area contributed by atoms with Gasteiger partial charge in [-0.2, -0.15) is 5.26 Å². The second-order valence-corrected chi connectivity index (χ2v) is 6.20. The van der Waals surface area contributed by atoms with Crippen LogP contribution in [0.25, 0.3) is 11.3 Å². The number of carboxylic acid groups (broad SMARTS) is 1. The second kappa shape index (κ2) is 7.63. The highest BCUT2D eigenvalue weighted by Gasteiger charge is 2.14.